The quantitative estimate of drug-likeness (QED) is 0.877. The van der Waals surface area contributed by atoms with Gasteiger partial charge in [0, 0.05) is 0 Å². The van der Waals surface area contributed by atoms with E-state index < -0.39 is 5.97 Å². The number of benzene rings is 1. The van der Waals surface area contributed by atoms with Crippen molar-refractivity contribution >= 4 is 5.97 Å². The van der Waals surface area contributed by atoms with Crippen LogP contribution in [-0.2, 0) is 4.79 Å². The number of carbonyl (C=O) groups is 1. The third kappa shape index (κ3) is 2.16. The molecule has 18 heavy (non-hydrogen) atoms. The molecule has 3 atom stereocenters. The Hall–Kier alpha value is -1.31. The Balaban J connectivity index is 1.72. The molecule has 0 aliphatic heterocycles. The van der Waals surface area contributed by atoms with Gasteiger partial charge in [-0.2, -0.15) is 0 Å². The molecule has 2 nitrogen and oxygen atoms in total. The van der Waals surface area contributed by atoms with E-state index in [9.17, 15) is 9.90 Å². The standard InChI is InChI=1S/C16H20O2/c17-16(18)15(12-8-4-5-9-12)14-10-13(14)11-6-2-1-3-7-11/h1-3,6-7,12-15H,4-5,8-10H2,(H,17,18). The lowest BCUT2D eigenvalue weighted by Gasteiger charge is -2.19. The van der Waals surface area contributed by atoms with Crippen LogP contribution in [0.5, 0.6) is 0 Å². The molecule has 0 heterocycles. The molecule has 0 radical (unpaired) electrons. The van der Waals surface area contributed by atoms with E-state index in [2.05, 4.69) is 24.3 Å². The number of aliphatic carboxylic acids is 1. The fourth-order valence-electron chi connectivity index (χ4n) is 3.75. The Morgan fingerprint density at radius 2 is 1.83 bits per heavy atom. The topological polar surface area (TPSA) is 37.3 Å². The molecule has 3 unspecified atom stereocenters. The predicted octanol–water partition coefficient (Wildman–Crippen LogP) is 3.68. The molecule has 2 saturated carbocycles. The highest BCUT2D eigenvalue weighted by atomic mass is 16.4. The zero-order valence-electron chi connectivity index (χ0n) is 10.6. The molecule has 1 N–H and O–H groups in total. The Morgan fingerprint density at radius 3 is 2.44 bits per heavy atom. The third-order valence-corrected chi connectivity index (χ3v) is 4.72. The van der Waals surface area contributed by atoms with Crippen LogP contribution >= 0.6 is 0 Å². The van der Waals surface area contributed by atoms with E-state index >= 15 is 0 Å². The molecular formula is C16H20O2. The number of hydrogen-bond acceptors (Lipinski definition) is 1. The molecule has 1 aromatic rings. The van der Waals surface area contributed by atoms with Crippen LogP contribution in [0.4, 0.5) is 0 Å². The van der Waals surface area contributed by atoms with Crippen LogP contribution in [-0.4, -0.2) is 11.1 Å². The minimum absolute atomic E-state index is 0.0993. The molecule has 0 spiro atoms. The summed E-state index contributed by atoms with van der Waals surface area (Å²) in [7, 11) is 0. The minimum Gasteiger partial charge on any atom is -0.481 e. The molecule has 2 aliphatic carbocycles. The summed E-state index contributed by atoms with van der Waals surface area (Å²) in [5.41, 5.74) is 1.33. The second-order valence-corrected chi connectivity index (χ2v) is 5.83. The fraction of sp³-hybridized carbons (Fsp3) is 0.562. The van der Waals surface area contributed by atoms with Crippen LogP contribution < -0.4 is 0 Å². The molecular weight excluding hydrogens is 224 g/mol. The number of carboxylic acid groups (broad SMARTS) is 1. The Kier molecular flexibility index (Phi) is 3.11. The van der Waals surface area contributed by atoms with Crippen LogP contribution in [0.2, 0.25) is 0 Å². The van der Waals surface area contributed by atoms with Crippen molar-refractivity contribution in [1.82, 2.24) is 0 Å². The first-order valence-corrected chi connectivity index (χ1v) is 7.05. The Labute approximate surface area is 108 Å². The van der Waals surface area contributed by atoms with Crippen molar-refractivity contribution in [2.45, 2.75) is 38.0 Å². The van der Waals surface area contributed by atoms with Crippen molar-refractivity contribution < 1.29 is 9.90 Å². The second kappa shape index (κ2) is 4.75. The highest BCUT2D eigenvalue weighted by Crippen LogP contribution is 2.55. The lowest BCUT2D eigenvalue weighted by Crippen LogP contribution is -2.24. The first kappa shape index (κ1) is 11.8. The normalized spacial score (nSPS) is 29.1. The zero-order chi connectivity index (χ0) is 12.5. The Bertz CT molecular complexity index is 420. The monoisotopic (exact) mass is 244 g/mol. The summed E-state index contributed by atoms with van der Waals surface area (Å²) in [4.78, 5) is 11.5. The third-order valence-electron chi connectivity index (χ3n) is 4.72. The number of carboxylic acids is 1. The van der Waals surface area contributed by atoms with Crippen LogP contribution in [0.25, 0.3) is 0 Å². The molecule has 0 amide bonds. The van der Waals surface area contributed by atoms with Gasteiger partial charge in [-0.15, -0.1) is 0 Å². The van der Waals surface area contributed by atoms with Gasteiger partial charge in [-0.3, -0.25) is 4.79 Å². The van der Waals surface area contributed by atoms with Crippen LogP contribution in [0.15, 0.2) is 30.3 Å². The molecule has 1 aromatic carbocycles. The molecule has 2 aliphatic rings. The fourth-order valence-corrected chi connectivity index (χ4v) is 3.75. The molecule has 2 heteroatoms. The first-order chi connectivity index (χ1) is 8.77. The zero-order valence-corrected chi connectivity index (χ0v) is 10.6. The summed E-state index contributed by atoms with van der Waals surface area (Å²) in [5, 5.41) is 9.51. The molecule has 0 bridgehead atoms. The van der Waals surface area contributed by atoms with Crippen molar-refractivity contribution in [2.75, 3.05) is 0 Å². The van der Waals surface area contributed by atoms with Crippen LogP contribution in [0.1, 0.15) is 43.6 Å². The second-order valence-electron chi connectivity index (χ2n) is 5.83. The van der Waals surface area contributed by atoms with Crippen molar-refractivity contribution in [3.8, 4) is 0 Å². The van der Waals surface area contributed by atoms with Crippen LogP contribution in [0.3, 0.4) is 0 Å². The highest BCUT2D eigenvalue weighted by molar-refractivity contribution is 5.71. The summed E-state index contributed by atoms with van der Waals surface area (Å²) in [6.45, 7) is 0. The van der Waals surface area contributed by atoms with E-state index in [0.717, 1.165) is 19.3 Å². The number of rotatable bonds is 4. The van der Waals surface area contributed by atoms with Gasteiger partial charge in [0.1, 0.15) is 0 Å². The lowest BCUT2D eigenvalue weighted by atomic mass is 9.85. The summed E-state index contributed by atoms with van der Waals surface area (Å²) in [5.74, 6) is 0.644. The first-order valence-electron chi connectivity index (χ1n) is 7.05. The lowest BCUT2D eigenvalue weighted by molar-refractivity contribution is -0.144. The predicted molar refractivity (Wildman–Crippen MR) is 70.4 cm³/mol. The van der Waals surface area contributed by atoms with Gasteiger partial charge in [0.2, 0.25) is 0 Å². The van der Waals surface area contributed by atoms with Crippen LogP contribution in [0, 0.1) is 17.8 Å². The SMILES string of the molecule is O=C(O)C(C1CCCC1)C1CC1c1ccccc1. The van der Waals surface area contributed by atoms with E-state index in [1.807, 2.05) is 6.07 Å². The smallest absolute Gasteiger partial charge is 0.307 e. The molecule has 2 fully saturated rings. The summed E-state index contributed by atoms with van der Waals surface area (Å²) >= 11 is 0. The molecule has 0 saturated heterocycles. The molecule has 96 valence electrons. The van der Waals surface area contributed by atoms with Gasteiger partial charge in [-0.25, -0.2) is 0 Å². The van der Waals surface area contributed by atoms with Crippen molar-refractivity contribution in [1.29, 1.82) is 0 Å². The van der Waals surface area contributed by atoms with Gasteiger partial charge in [0.05, 0.1) is 5.92 Å². The molecule has 0 aromatic heterocycles. The van der Waals surface area contributed by atoms with Gasteiger partial charge in [0.15, 0.2) is 0 Å². The Morgan fingerprint density at radius 1 is 1.17 bits per heavy atom. The van der Waals surface area contributed by atoms with E-state index in [0.29, 0.717) is 17.8 Å². The maximum Gasteiger partial charge on any atom is 0.307 e. The largest absolute Gasteiger partial charge is 0.481 e. The van der Waals surface area contributed by atoms with Gasteiger partial charge < -0.3 is 5.11 Å². The van der Waals surface area contributed by atoms with E-state index in [1.165, 1.54) is 18.4 Å². The van der Waals surface area contributed by atoms with Crippen molar-refractivity contribution in [2.24, 2.45) is 17.8 Å². The van der Waals surface area contributed by atoms with Crippen molar-refractivity contribution in [3.05, 3.63) is 35.9 Å². The van der Waals surface area contributed by atoms with Crippen molar-refractivity contribution in [3.63, 3.8) is 0 Å². The highest BCUT2D eigenvalue weighted by Gasteiger charge is 2.49. The van der Waals surface area contributed by atoms with E-state index in [-0.39, 0.29) is 5.92 Å². The average molecular weight is 244 g/mol. The maximum absolute atomic E-state index is 11.5. The van der Waals surface area contributed by atoms with E-state index in [4.69, 9.17) is 0 Å². The average Bonchev–Trinajstić information content (AvgIpc) is 2.95. The maximum atomic E-state index is 11.5. The summed E-state index contributed by atoms with van der Waals surface area (Å²) in [6.07, 6.45) is 5.75. The van der Waals surface area contributed by atoms with Gasteiger partial charge in [-0.05, 0) is 42.6 Å². The molecule has 3 rings (SSSR count). The summed E-state index contributed by atoms with van der Waals surface area (Å²) in [6, 6.07) is 10.4. The minimum atomic E-state index is -0.565. The number of hydrogen-bond donors (Lipinski definition) is 1. The van der Waals surface area contributed by atoms with Gasteiger partial charge in [-0.1, -0.05) is 43.2 Å². The van der Waals surface area contributed by atoms with Gasteiger partial charge >= 0.3 is 5.97 Å². The van der Waals surface area contributed by atoms with E-state index in [1.54, 1.807) is 0 Å². The van der Waals surface area contributed by atoms with Gasteiger partial charge in [0.25, 0.3) is 0 Å². The summed E-state index contributed by atoms with van der Waals surface area (Å²) < 4.78 is 0.